The number of carbonyl (C=O) groups is 1. The minimum absolute atomic E-state index is 0.187. The van der Waals surface area contributed by atoms with Crippen LogP contribution in [0.4, 0.5) is 0 Å². The third-order valence-corrected chi connectivity index (χ3v) is 3.75. The predicted molar refractivity (Wildman–Crippen MR) is 89.4 cm³/mol. The molecule has 1 rings (SSSR count). The van der Waals surface area contributed by atoms with Crippen molar-refractivity contribution in [3.05, 3.63) is 29.8 Å². The summed E-state index contributed by atoms with van der Waals surface area (Å²) in [7, 11) is 3.53. The van der Waals surface area contributed by atoms with Crippen LogP contribution in [0.25, 0.3) is 0 Å². The lowest BCUT2D eigenvalue weighted by Crippen LogP contribution is -2.27. The van der Waals surface area contributed by atoms with Gasteiger partial charge in [0.05, 0.1) is 6.10 Å². The number of rotatable bonds is 10. The zero-order valence-electron chi connectivity index (χ0n) is 14.2. The van der Waals surface area contributed by atoms with Crippen LogP contribution in [-0.4, -0.2) is 36.2 Å². The maximum Gasteiger partial charge on any atom is 0.325 e. The Morgan fingerprint density at radius 3 is 2.32 bits per heavy atom. The molecule has 0 spiro atoms. The average Bonchev–Trinajstić information content (AvgIpc) is 2.45. The van der Waals surface area contributed by atoms with Gasteiger partial charge in [-0.1, -0.05) is 38.3 Å². The van der Waals surface area contributed by atoms with Gasteiger partial charge in [-0.3, -0.25) is 9.69 Å². The highest BCUT2D eigenvalue weighted by Crippen LogP contribution is 2.22. The summed E-state index contributed by atoms with van der Waals surface area (Å²) in [5.41, 5.74) is 0.764. The van der Waals surface area contributed by atoms with Crippen LogP contribution in [-0.2, 0) is 4.79 Å². The highest BCUT2D eigenvalue weighted by atomic mass is 16.5. The molecule has 22 heavy (non-hydrogen) atoms. The van der Waals surface area contributed by atoms with Crippen LogP contribution in [0, 0.1) is 0 Å². The molecule has 2 unspecified atom stereocenters. The van der Waals surface area contributed by atoms with Crippen molar-refractivity contribution in [2.24, 2.45) is 0 Å². The summed E-state index contributed by atoms with van der Waals surface area (Å²) >= 11 is 0. The zero-order chi connectivity index (χ0) is 16.5. The van der Waals surface area contributed by atoms with Crippen LogP contribution >= 0.6 is 0 Å². The molecule has 0 aromatic heterocycles. The largest absolute Gasteiger partial charge is 0.491 e. The van der Waals surface area contributed by atoms with E-state index in [0.717, 1.165) is 17.7 Å². The second kappa shape index (κ2) is 9.46. The van der Waals surface area contributed by atoms with Crippen LogP contribution in [0.1, 0.15) is 57.6 Å². The number of carboxylic acid groups (broad SMARTS) is 1. The minimum Gasteiger partial charge on any atom is -0.491 e. The third-order valence-electron chi connectivity index (χ3n) is 3.75. The fraction of sp³-hybridized carbons (Fsp3) is 0.611. The Kier molecular flexibility index (Phi) is 7.96. The second-order valence-electron chi connectivity index (χ2n) is 6.05. The van der Waals surface area contributed by atoms with Gasteiger partial charge < -0.3 is 9.84 Å². The molecular weight excluding hydrogens is 278 g/mol. The molecule has 0 radical (unpaired) electrons. The van der Waals surface area contributed by atoms with E-state index >= 15 is 0 Å². The Labute approximate surface area is 134 Å². The van der Waals surface area contributed by atoms with Crippen molar-refractivity contribution in [3.63, 3.8) is 0 Å². The minimum atomic E-state index is -0.844. The fourth-order valence-electron chi connectivity index (χ4n) is 2.54. The van der Waals surface area contributed by atoms with Gasteiger partial charge in [0.2, 0.25) is 0 Å². The predicted octanol–water partition coefficient (Wildman–Crippen LogP) is 4.11. The summed E-state index contributed by atoms with van der Waals surface area (Å²) in [6.45, 7) is 4.29. The quantitative estimate of drug-likeness (QED) is 0.661. The molecule has 1 aromatic rings. The van der Waals surface area contributed by atoms with E-state index in [9.17, 15) is 9.90 Å². The summed E-state index contributed by atoms with van der Waals surface area (Å²) in [4.78, 5) is 13.0. The van der Waals surface area contributed by atoms with Crippen molar-refractivity contribution in [2.45, 2.75) is 58.1 Å². The van der Waals surface area contributed by atoms with Gasteiger partial charge in [-0.2, -0.15) is 0 Å². The topological polar surface area (TPSA) is 49.8 Å². The van der Waals surface area contributed by atoms with Gasteiger partial charge in [-0.05, 0) is 51.6 Å². The van der Waals surface area contributed by atoms with Gasteiger partial charge >= 0.3 is 5.97 Å². The first-order valence-corrected chi connectivity index (χ1v) is 8.11. The number of aliphatic carboxylic acids is 1. The van der Waals surface area contributed by atoms with E-state index in [4.69, 9.17) is 4.74 Å². The van der Waals surface area contributed by atoms with Gasteiger partial charge in [0, 0.05) is 0 Å². The smallest absolute Gasteiger partial charge is 0.325 e. The summed E-state index contributed by atoms with van der Waals surface area (Å²) in [6.07, 6.45) is 6.21. The van der Waals surface area contributed by atoms with Gasteiger partial charge in [-0.15, -0.1) is 0 Å². The lowest BCUT2D eigenvalue weighted by molar-refractivity contribution is -0.142. The van der Waals surface area contributed by atoms with Crippen LogP contribution in [0.3, 0.4) is 0 Å². The van der Waals surface area contributed by atoms with Crippen molar-refractivity contribution in [3.8, 4) is 5.75 Å². The van der Waals surface area contributed by atoms with Crippen molar-refractivity contribution in [1.82, 2.24) is 4.90 Å². The molecule has 4 nitrogen and oxygen atoms in total. The number of benzene rings is 1. The Balaban J connectivity index is 2.55. The fourth-order valence-corrected chi connectivity index (χ4v) is 2.54. The van der Waals surface area contributed by atoms with E-state index in [-0.39, 0.29) is 6.10 Å². The van der Waals surface area contributed by atoms with Gasteiger partial charge in [0.1, 0.15) is 11.8 Å². The molecule has 0 aliphatic rings. The summed E-state index contributed by atoms with van der Waals surface area (Å²) < 4.78 is 5.89. The van der Waals surface area contributed by atoms with E-state index < -0.39 is 12.0 Å². The molecule has 2 atom stereocenters. The van der Waals surface area contributed by atoms with E-state index in [1.54, 1.807) is 19.0 Å². The molecule has 0 saturated heterocycles. The molecule has 0 saturated carbocycles. The van der Waals surface area contributed by atoms with Crippen molar-refractivity contribution in [1.29, 1.82) is 0 Å². The molecule has 1 aromatic carbocycles. The monoisotopic (exact) mass is 307 g/mol. The first kappa shape index (κ1) is 18.5. The molecule has 0 aliphatic heterocycles. The second-order valence-corrected chi connectivity index (χ2v) is 6.05. The summed E-state index contributed by atoms with van der Waals surface area (Å²) in [6, 6.07) is 6.75. The maximum absolute atomic E-state index is 11.3. The lowest BCUT2D eigenvalue weighted by atomic mass is 10.1. The zero-order valence-corrected chi connectivity index (χ0v) is 14.2. The Hall–Kier alpha value is -1.55. The van der Waals surface area contributed by atoms with Gasteiger partial charge in [-0.25, -0.2) is 0 Å². The van der Waals surface area contributed by atoms with Crippen molar-refractivity contribution < 1.29 is 14.6 Å². The highest BCUT2D eigenvalue weighted by molar-refractivity contribution is 5.75. The molecule has 0 bridgehead atoms. The Bertz CT molecular complexity index is 442. The van der Waals surface area contributed by atoms with Crippen molar-refractivity contribution in [2.75, 3.05) is 14.1 Å². The van der Waals surface area contributed by atoms with Gasteiger partial charge in [0.15, 0.2) is 0 Å². The number of hydrogen-bond acceptors (Lipinski definition) is 3. The number of ether oxygens (including phenoxy) is 1. The molecule has 0 aliphatic carbocycles. The number of hydrogen-bond donors (Lipinski definition) is 1. The highest BCUT2D eigenvalue weighted by Gasteiger charge is 2.21. The molecular formula is C18H29NO3. The molecule has 1 N–H and O–H groups in total. The standard InChI is InChI=1S/C18H29NO3/c1-5-6-7-8-9-14(2)22-16-12-10-15(11-13-16)17(18(20)21)19(3)4/h10-14,17H,5-9H2,1-4H3,(H,20,21). The molecule has 124 valence electrons. The molecule has 0 amide bonds. The first-order chi connectivity index (χ1) is 10.5. The normalized spacial score (nSPS) is 13.9. The summed E-state index contributed by atoms with van der Waals surface area (Å²) in [5, 5.41) is 9.28. The summed E-state index contributed by atoms with van der Waals surface area (Å²) in [5.74, 6) is -0.0439. The van der Waals surface area contributed by atoms with Crippen LogP contribution in [0.5, 0.6) is 5.75 Å². The SMILES string of the molecule is CCCCCCC(C)Oc1ccc(C(C(=O)O)N(C)C)cc1. The Morgan fingerprint density at radius 2 is 1.82 bits per heavy atom. The molecule has 4 heteroatoms. The average molecular weight is 307 g/mol. The van der Waals surface area contributed by atoms with Crippen LogP contribution < -0.4 is 4.74 Å². The first-order valence-electron chi connectivity index (χ1n) is 8.11. The number of likely N-dealkylation sites (N-methyl/N-ethyl adjacent to an activating group) is 1. The lowest BCUT2D eigenvalue weighted by Gasteiger charge is -2.21. The Morgan fingerprint density at radius 1 is 1.18 bits per heavy atom. The van der Waals surface area contributed by atoms with E-state index in [2.05, 4.69) is 13.8 Å². The molecule has 0 heterocycles. The number of unbranched alkanes of at least 4 members (excludes halogenated alkanes) is 3. The molecule has 0 fully saturated rings. The number of carboxylic acids is 1. The van der Waals surface area contributed by atoms with E-state index in [1.165, 1.54) is 25.7 Å². The van der Waals surface area contributed by atoms with Crippen LogP contribution in [0.2, 0.25) is 0 Å². The van der Waals surface area contributed by atoms with Crippen molar-refractivity contribution >= 4 is 5.97 Å². The maximum atomic E-state index is 11.3. The van der Waals surface area contributed by atoms with E-state index in [0.29, 0.717) is 0 Å². The van der Waals surface area contributed by atoms with Crippen LogP contribution in [0.15, 0.2) is 24.3 Å². The number of nitrogens with zero attached hydrogens (tertiary/aromatic N) is 1. The third kappa shape index (κ3) is 6.06. The van der Waals surface area contributed by atoms with E-state index in [1.807, 2.05) is 24.3 Å². The van der Waals surface area contributed by atoms with Gasteiger partial charge in [0.25, 0.3) is 0 Å².